The van der Waals surface area contributed by atoms with Gasteiger partial charge in [0.1, 0.15) is 17.3 Å². The third kappa shape index (κ3) is 2.61. The summed E-state index contributed by atoms with van der Waals surface area (Å²) < 4.78 is 26.9. The first-order valence-electron chi connectivity index (χ1n) is 5.72. The highest BCUT2D eigenvalue weighted by atomic mass is 19.1. The van der Waals surface area contributed by atoms with Gasteiger partial charge in [-0.15, -0.1) is 0 Å². The highest BCUT2D eigenvalue weighted by Gasteiger charge is 2.12. The van der Waals surface area contributed by atoms with Crippen LogP contribution in [0.4, 0.5) is 14.6 Å². The van der Waals surface area contributed by atoms with E-state index in [4.69, 9.17) is 0 Å². The zero-order valence-electron chi connectivity index (χ0n) is 9.95. The number of anilines is 1. The average Bonchev–Trinajstić information content (AvgIpc) is 2.39. The molecule has 1 N–H and O–H groups in total. The summed E-state index contributed by atoms with van der Waals surface area (Å²) in [5, 5.41) is 3.05. The molecule has 94 valence electrons. The van der Waals surface area contributed by atoms with Gasteiger partial charge in [-0.1, -0.05) is 6.92 Å². The van der Waals surface area contributed by atoms with Crippen LogP contribution in [0.3, 0.4) is 0 Å². The van der Waals surface area contributed by atoms with Crippen LogP contribution in [0.15, 0.2) is 30.6 Å². The van der Waals surface area contributed by atoms with Gasteiger partial charge in [-0.25, -0.2) is 13.8 Å². The van der Waals surface area contributed by atoms with Gasteiger partial charge < -0.3 is 5.32 Å². The third-order valence-corrected chi connectivity index (χ3v) is 2.42. The number of hydrogen-bond acceptors (Lipinski definition) is 3. The fraction of sp³-hybridized carbons (Fsp3) is 0.231. The van der Waals surface area contributed by atoms with E-state index in [9.17, 15) is 8.78 Å². The van der Waals surface area contributed by atoms with Gasteiger partial charge in [0.15, 0.2) is 5.82 Å². The van der Waals surface area contributed by atoms with Crippen molar-refractivity contribution in [3.05, 3.63) is 42.2 Å². The van der Waals surface area contributed by atoms with Crippen molar-refractivity contribution in [3.8, 4) is 11.3 Å². The lowest BCUT2D eigenvalue weighted by molar-refractivity contribution is 0.602. The number of halogens is 2. The van der Waals surface area contributed by atoms with Crippen molar-refractivity contribution in [3.63, 3.8) is 0 Å². The molecule has 5 heteroatoms. The molecule has 0 radical (unpaired) electrons. The van der Waals surface area contributed by atoms with Gasteiger partial charge >= 0.3 is 0 Å². The van der Waals surface area contributed by atoms with Crippen LogP contribution in [-0.4, -0.2) is 16.5 Å². The second kappa shape index (κ2) is 5.53. The number of rotatable bonds is 4. The molecule has 0 saturated carbocycles. The van der Waals surface area contributed by atoms with Gasteiger partial charge in [-0.3, -0.25) is 4.98 Å². The summed E-state index contributed by atoms with van der Waals surface area (Å²) in [5.74, 6) is -0.557. The summed E-state index contributed by atoms with van der Waals surface area (Å²) in [6.07, 6.45) is 3.87. The first-order chi connectivity index (χ1) is 8.72. The number of nitrogens with zero attached hydrogens (tertiary/aromatic N) is 2. The topological polar surface area (TPSA) is 37.8 Å². The maximum Gasteiger partial charge on any atom is 0.152 e. The number of hydrogen-bond donors (Lipinski definition) is 1. The number of benzene rings is 1. The minimum atomic E-state index is -0.517. The van der Waals surface area contributed by atoms with Gasteiger partial charge in [0.25, 0.3) is 0 Å². The Hall–Kier alpha value is -2.04. The Labute approximate surface area is 104 Å². The molecule has 3 nitrogen and oxygen atoms in total. The van der Waals surface area contributed by atoms with E-state index >= 15 is 0 Å². The van der Waals surface area contributed by atoms with Gasteiger partial charge in [-0.2, -0.15) is 0 Å². The monoisotopic (exact) mass is 249 g/mol. The first kappa shape index (κ1) is 12.4. The van der Waals surface area contributed by atoms with Crippen LogP contribution < -0.4 is 5.32 Å². The van der Waals surface area contributed by atoms with E-state index in [-0.39, 0.29) is 5.56 Å². The van der Waals surface area contributed by atoms with Crippen molar-refractivity contribution >= 4 is 5.82 Å². The quantitative estimate of drug-likeness (QED) is 0.903. The molecule has 0 aliphatic carbocycles. The summed E-state index contributed by atoms with van der Waals surface area (Å²) in [4.78, 5) is 8.17. The molecule has 0 atom stereocenters. The maximum absolute atomic E-state index is 13.7. The second-order valence-electron chi connectivity index (χ2n) is 3.80. The SMILES string of the molecule is CCCNc1nccnc1-c1cc(F)ccc1F. The summed E-state index contributed by atoms with van der Waals surface area (Å²) >= 11 is 0. The Morgan fingerprint density at radius 3 is 2.72 bits per heavy atom. The Balaban J connectivity index is 2.46. The Morgan fingerprint density at radius 2 is 1.94 bits per heavy atom. The molecule has 0 amide bonds. The predicted octanol–water partition coefficient (Wildman–Crippen LogP) is 3.24. The second-order valence-corrected chi connectivity index (χ2v) is 3.80. The fourth-order valence-electron chi connectivity index (χ4n) is 1.59. The van der Waals surface area contributed by atoms with Crippen molar-refractivity contribution in [2.24, 2.45) is 0 Å². The third-order valence-electron chi connectivity index (χ3n) is 2.42. The summed E-state index contributed by atoms with van der Waals surface area (Å²) in [7, 11) is 0. The summed E-state index contributed by atoms with van der Waals surface area (Å²) in [6, 6.07) is 3.29. The van der Waals surface area contributed by atoms with Crippen molar-refractivity contribution in [1.82, 2.24) is 9.97 Å². The predicted molar refractivity (Wildman–Crippen MR) is 66.2 cm³/mol. The van der Waals surface area contributed by atoms with Crippen LogP contribution in [-0.2, 0) is 0 Å². The van der Waals surface area contributed by atoms with E-state index in [1.54, 1.807) is 0 Å². The van der Waals surface area contributed by atoms with E-state index in [1.807, 2.05) is 6.92 Å². The van der Waals surface area contributed by atoms with Crippen LogP contribution in [0.1, 0.15) is 13.3 Å². The van der Waals surface area contributed by atoms with E-state index in [1.165, 1.54) is 12.4 Å². The molecule has 1 aromatic heterocycles. The maximum atomic E-state index is 13.7. The van der Waals surface area contributed by atoms with Crippen LogP contribution in [0, 0.1) is 11.6 Å². The summed E-state index contributed by atoms with van der Waals surface area (Å²) in [6.45, 7) is 2.70. The van der Waals surface area contributed by atoms with Gasteiger partial charge in [0, 0.05) is 24.5 Å². The van der Waals surface area contributed by atoms with E-state index in [2.05, 4.69) is 15.3 Å². The van der Waals surface area contributed by atoms with Gasteiger partial charge in [0.2, 0.25) is 0 Å². The van der Waals surface area contributed by atoms with E-state index in [0.717, 1.165) is 24.6 Å². The van der Waals surface area contributed by atoms with E-state index < -0.39 is 11.6 Å². The number of nitrogens with one attached hydrogen (secondary N) is 1. The lowest BCUT2D eigenvalue weighted by Crippen LogP contribution is -2.05. The van der Waals surface area contributed by atoms with Crippen molar-refractivity contribution in [2.45, 2.75) is 13.3 Å². The van der Waals surface area contributed by atoms with Crippen LogP contribution in [0.2, 0.25) is 0 Å². The molecule has 0 fully saturated rings. The standard InChI is InChI=1S/C13H13F2N3/c1-2-5-17-13-12(16-6-7-18-13)10-8-9(14)3-4-11(10)15/h3-4,6-8H,2,5H2,1H3,(H,17,18). The number of aromatic nitrogens is 2. The van der Waals surface area contributed by atoms with Crippen molar-refractivity contribution in [2.75, 3.05) is 11.9 Å². The zero-order chi connectivity index (χ0) is 13.0. The van der Waals surface area contributed by atoms with Gasteiger partial charge in [-0.05, 0) is 24.6 Å². The molecular weight excluding hydrogens is 236 g/mol. The van der Waals surface area contributed by atoms with Crippen LogP contribution >= 0.6 is 0 Å². The molecule has 0 spiro atoms. The molecule has 0 aliphatic rings. The highest BCUT2D eigenvalue weighted by molar-refractivity contribution is 5.71. The molecule has 2 aromatic rings. The fourth-order valence-corrected chi connectivity index (χ4v) is 1.59. The average molecular weight is 249 g/mol. The molecule has 1 heterocycles. The highest BCUT2D eigenvalue weighted by Crippen LogP contribution is 2.26. The normalized spacial score (nSPS) is 10.4. The summed E-state index contributed by atoms with van der Waals surface area (Å²) in [5.41, 5.74) is 0.435. The molecule has 18 heavy (non-hydrogen) atoms. The van der Waals surface area contributed by atoms with E-state index in [0.29, 0.717) is 18.1 Å². The first-order valence-corrected chi connectivity index (χ1v) is 5.72. The Kier molecular flexibility index (Phi) is 3.82. The molecule has 0 unspecified atom stereocenters. The molecule has 1 aromatic carbocycles. The minimum absolute atomic E-state index is 0.113. The smallest absolute Gasteiger partial charge is 0.152 e. The molecule has 0 bridgehead atoms. The molecule has 0 aliphatic heterocycles. The minimum Gasteiger partial charge on any atom is -0.368 e. The molecule has 2 rings (SSSR count). The van der Waals surface area contributed by atoms with Crippen molar-refractivity contribution < 1.29 is 8.78 Å². The lowest BCUT2D eigenvalue weighted by atomic mass is 10.1. The molecule has 0 saturated heterocycles. The van der Waals surface area contributed by atoms with Gasteiger partial charge in [0.05, 0.1) is 0 Å². The molecular formula is C13H13F2N3. The van der Waals surface area contributed by atoms with Crippen LogP contribution in [0.5, 0.6) is 0 Å². The largest absolute Gasteiger partial charge is 0.368 e. The Morgan fingerprint density at radius 1 is 1.17 bits per heavy atom. The zero-order valence-corrected chi connectivity index (χ0v) is 9.95. The van der Waals surface area contributed by atoms with Crippen molar-refractivity contribution in [1.29, 1.82) is 0 Å². The Bertz CT molecular complexity index is 544. The lowest BCUT2D eigenvalue weighted by Gasteiger charge is -2.09. The van der Waals surface area contributed by atoms with Crippen LogP contribution in [0.25, 0.3) is 11.3 Å².